The minimum atomic E-state index is -0.415. The van der Waals surface area contributed by atoms with Crippen LogP contribution in [-0.4, -0.2) is 4.98 Å². The van der Waals surface area contributed by atoms with Crippen molar-refractivity contribution in [3.63, 3.8) is 0 Å². The molecule has 0 radical (unpaired) electrons. The lowest BCUT2D eigenvalue weighted by atomic mass is 9.69. The molecule has 2 heteroatoms. The van der Waals surface area contributed by atoms with Crippen LogP contribution in [0.4, 0.5) is 5.69 Å². The molecule has 47 heavy (non-hydrogen) atoms. The van der Waals surface area contributed by atoms with Gasteiger partial charge in [0, 0.05) is 10.9 Å². The first-order valence-corrected chi connectivity index (χ1v) is 16.3. The highest BCUT2D eigenvalue weighted by atomic mass is 14.7. The lowest BCUT2D eigenvalue weighted by Gasteiger charge is -2.31. The number of rotatable bonds is 2. The van der Waals surface area contributed by atoms with Crippen molar-refractivity contribution in [2.24, 2.45) is 0 Å². The SMILES string of the molecule is C/C=C\c1ccc2ccc(-c3ccc4c5c(ccc4c3)-c3c(ccc4ccccc34)C53c4ccccc4-c4ccccc43)nc2c1N. The fraction of sp³-hybridized carbons (Fsp3) is 0.0444. The Morgan fingerprint density at radius 1 is 0.574 bits per heavy atom. The maximum atomic E-state index is 6.62. The summed E-state index contributed by atoms with van der Waals surface area (Å²) in [5.41, 5.74) is 21.5. The molecule has 0 unspecified atom stereocenters. The summed E-state index contributed by atoms with van der Waals surface area (Å²) in [6.07, 6.45) is 4.05. The van der Waals surface area contributed by atoms with Crippen LogP contribution in [0.2, 0.25) is 0 Å². The van der Waals surface area contributed by atoms with Gasteiger partial charge < -0.3 is 5.73 Å². The van der Waals surface area contributed by atoms with Crippen molar-refractivity contribution in [1.29, 1.82) is 0 Å². The third kappa shape index (κ3) is 3.37. The van der Waals surface area contributed by atoms with Gasteiger partial charge in [0.25, 0.3) is 0 Å². The number of aromatic nitrogens is 1. The van der Waals surface area contributed by atoms with Gasteiger partial charge in [-0.2, -0.15) is 0 Å². The molecule has 1 spiro atoms. The van der Waals surface area contributed by atoms with E-state index in [0.717, 1.165) is 27.7 Å². The van der Waals surface area contributed by atoms with Crippen molar-refractivity contribution in [3.05, 3.63) is 173 Å². The van der Waals surface area contributed by atoms with Crippen LogP contribution in [-0.2, 0) is 5.41 Å². The minimum absolute atomic E-state index is 0.415. The van der Waals surface area contributed by atoms with E-state index in [2.05, 4.69) is 140 Å². The van der Waals surface area contributed by atoms with Crippen molar-refractivity contribution in [3.8, 4) is 33.5 Å². The third-order valence-corrected chi connectivity index (χ3v) is 10.5. The van der Waals surface area contributed by atoms with Gasteiger partial charge in [-0.3, -0.25) is 0 Å². The van der Waals surface area contributed by atoms with Crippen LogP contribution in [0.15, 0.2) is 146 Å². The van der Waals surface area contributed by atoms with Gasteiger partial charge in [-0.05, 0) is 90.7 Å². The molecule has 0 bridgehead atoms. The second kappa shape index (κ2) is 9.51. The molecule has 10 rings (SSSR count). The Morgan fingerprint density at radius 2 is 1.28 bits per heavy atom. The van der Waals surface area contributed by atoms with Crippen molar-refractivity contribution < 1.29 is 0 Å². The molecular formula is C45H30N2. The van der Waals surface area contributed by atoms with Crippen LogP contribution in [0.25, 0.3) is 72.0 Å². The van der Waals surface area contributed by atoms with Crippen molar-refractivity contribution in [2.75, 3.05) is 5.73 Å². The van der Waals surface area contributed by atoms with E-state index in [4.69, 9.17) is 10.7 Å². The molecule has 1 heterocycles. The predicted octanol–water partition coefficient (Wildman–Crippen LogP) is 11.2. The summed E-state index contributed by atoms with van der Waals surface area (Å²) in [5.74, 6) is 0. The Balaban J connectivity index is 1.28. The maximum Gasteiger partial charge on any atom is 0.0944 e. The van der Waals surface area contributed by atoms with Gasteiger partial charge in [0.1, 0.15) is 0 Å². The number of hydrogen-bond acceptors (Lipinski definition) is 2. The van der Waals surface area contributed by atoms with E-state index in [1.165, 1.54) is 66.1 Å². The number of nitrogens with zero attached hydrogens (tertiary/aromatic N) is 1. The van der Waals surface area contributed by atoms with Crippen molar-refractivity contribution in [1.82, 2.24) is 4.98 Å². The molecule has 8 aromatic rings. The summed E-state index contributed by atoms with van der Waals surface area (Å²) in [4.78, 5) is 5.11. The van der Waals surface area contributed by atoms with Gasteiger partial charge in [-0.15, -0.1) is 0 Å². The van der Waals surface area contributed by atoms with Crippen LogP contribution < -0.4 is 5.73 Å². The largest absolute Gasteiger partial charge is 0.396 e. The lowest BCUT2D eigenvalue weighted by molar-refractivity contribution is 0.802. The summed E-state index contributed by atoms with van der Waals surface area (Å²) in [5, 5.41) is 6.09. The van der Waals surface area contributed by atoms with E-state index in [-0.39, 0.29) is 0 Å². The predicted molar refractivity (Wildman–Crippen MR) is 198 cm³/mol. The third-order valence-electron chi connectivity index (χ3n) is 10.5. The van der Waals surface area contributed by atoms with Gasteiger partial charge in [0.2, 0.25) is 0 Å². The highest BCUT2D eigenvalue weighted by Gasteiger charge is 2.52. The van der Waals surface area contributed by atoms with Crippen molar-refractivity contribution >= 4 is 44.2 Å². The first-order valence-electron chi connectivity index (χ1n) is 16.3. The molecule has 0 aliphatic heterocycles. The molecule has 220 valence electrons. The molecule has 2 aliphatic rings. The standard InChI is InChI=1S/C45H30N2/c1-2-9-28-16-17-29-21-25-40(47-44(29)43(28)46)31-19-22-33-30(26-31)18-23-36-41-32-11-4-3-10-27(32)20-24-39(41)45(42(33)36)37-14-7-5-12-34(37)35-13-6-8-15-38(35)45/h2-26H,46H2,1H3/b9-2-. The fourth-order valence-electron chi connectivity index (χ4n) is 8.62. The van der Waals surface area contributed by atoms with E-state index < -0.39 is 5.41 Å². The van der Waals surface area contributed by atoms with E-state index >= 15 is 0 Å². The molecule has 2 nitrogen and oxygen atoms in total. The monoisotopic (exact) mass is 598 g/mol. The number of nitrogens with two attached hydrogens (primary N) is 1. The van der Waals surface area contributed by atoms with Gasteiger partial charge in [0.15, 0.2) is 0 Å². The van der Waals surface area contributed by atoms with Crippen LogP contribution in [0.3, 0.4) is 0 Å². The second-order valence-electron chi connectivity index (χ2n) is 12.8. The zero-order valence-corrected chi connectivity index (χ0v) is 26.0. The van der Waals surface area contributed by atoms with Gasteiger partial charge >= 0.3 is 0 Å². The number of hydrogen-bond donors (Lipinski definition) is 1. The molecule has 0 atom stereocenters. The Morgan fingerprint density at radius 3 is 2.09 bits per heavy atom. The quantitative estimate of drug-likeness (QED) is 0.201. The molecule has 0 saturated carbocycles. The average Bonchev–Trinajstić information content (AvgIpc) is 3.60. The number of allylic oxidation sites excluding steroid dienone is 1. The second-order valence-corrected chi connectivity index (χ2v) is 12.8. The maximum absolute atomic E-state index is 6.62. The molecular weight excluding hydrogens is 569 g/mol. The average molecular weight is 599 g/mol. The normalized spacial score (nSPS) is 13.8. The Hall–Kier alpha value is -5.99. The summed E-state index contributed by atoms with van der Waals surface area (Å²) in [7, 11) is 0. The Bertz CT molecular complexity index is 2610. The van der Waals surface area contributed by atoms with Crippen LogP contribution in [0.1, 0.15) is 34.7 Å². The molecule has 1 aromatic heterocycles. The summed E-state index contributed by atoms with van der Waals surface area (Å²) in [6, 6.07) is 51.5. The van der Waals surface area contributed by atoms with E-state index in [1.807, 2.05) is 19.1 Å². The van der Waals surface area contributed by atoms with Gasteiger partial charge in [0.05, 0.1) is 22.3 Å². The summed E-state index contributed by atoms with van der Waals surface area (Å²) >= 11 is 0. The molecule has 0 fully saturated rings. The zero-order valence-electron chi connectivity index (χ0n) is 26.0. The van der Waals surface area contributed by atoms with Crippen molar-refractivity contribution in [2.45, 2.75) is 12.3 Å². The zero-order chi connectivity index (χ0) is 31.3. The van der Waals surface area contributed by atoms with Crippen LogP contribution in [0.5, 0.6) is 0 Å². The molecule has 2 aliphatic carbocycles. The fourth-order valence-corrected chi connectivity index (χ4v) is 8.62. The van der Waals surface area contributed by atoms with Gasteiger partial charge in [-0.1, -0.05) is 140 Å². The van der Waals surface area contributed by atoms with Crippen LogP contribution >= 0.6 is 0 Å². The molecule has 0 amide bonds. The minimum Gasteiger partial charge on any atom is -0.396 e. The topological polar surface area (TPSA) is 38.9 Å². The molecule has 7 aromatic carbocycles. The van der Waals surface area contributed by atoms with E-state index in [0.29, 0.717) is 5.69 Å². The highest BCUT2D eigenvalue weighted by molar-refractivity contribution is 6.11. The first-order chi connectivity index (χ1) is 23.2. The lowest BCUT2D eigenvalue weighted by Crippen LogP contribution is -2.26. The number of nitrogen functional groups attached to an aromatic ring is 1. The Kier molecular flexibility index (Phi) is 5.31. The summed E-state index contributed by atoms with van der Waals surface area (Å²) < 4.78 is 0. The van der Waals surface area contributed by atoms with Crippen LogP contribution in [0, 0.1) is 0 Å². The van der Waals surface area contributed by atoms with E-state index in [9.17, 15) is 0 Å². The Labute approximate surface area is 273 Å². The summed E-state index contributed by atoms with van der Waals surface area (Å²) in [6.45, 7) is 2.01. The number of anilines is 1. The van der Waals surface area contributed by atoms with E-state index in [1.54, 1.807) is 0 Å². The highest BCUT2D eigenvalue weighted by Crippen LogP contribution is 2.65. The number of benzene rings is 7. The first kappa shape index (κ1) is 26.2. The molecule has 2 N–H and O–H groups in total. The smallest absolute Gasteiger partial charge is 0.0944 e. The van der Waals surface area contributed by atoms with Gasteiger partial charge in [-0.25, -0.2) is 4.98 Å². The number of pyridine rings is 1. The molecule has 0 saturated heterocycles. The number of fused-ring (bicyclic) bond motifs is 15.